The molecule has 19 heavy (non-hydrogen) atoms. The van der Waals surface area contributed by atoms with Crippen LogP contribution in [-0.2, 0) is 10.0 Å². The number of anilines is 2. The van der Waals surface area contributed by atoms with Gasteiger partial charge in [-0.3, -0.25) is 4.72 Å². The van der Waals surface area contributed by atoms with E-state index in [0.29, 0.717) is 0 Å². The lowest BCUT2D eigenvalue weighted by Crippen LogP contribution is -2.15. The number of nitrogen functional groups attached to an aromatic ring is 1. The van der Waals surface area contributed by atoms with E-state index in [1.54, 1.807) is 6.07 Å². The molecule has 0 radical (unpaired) electrons. The molecule has 0 unspecified atom stereocenters. The number of nitrogens with one attached hydrogen (secondary N) is 1. The number of benzene rings is 1. The predicted molar refractivity (Wildman–Crippen MR) is 75.9 cm³/mol. The van der Waals surface area contributed by atoms with Crippen molar-refractivity contribution in [1.82, 2.24) is 4.98 Å². The van der Waals surface area contributed by atoms with E-state index >= 15 is 0 Å². The highest BCUT2D eigenvalue weighted by Crippen LogP contribution is 2.29. The van der Waals surface area contributed by atoms with Gasteiger partial charge < -0.3 is 5.73 Å². The summed E-state index contributed by atoms with van der Waals surface area (Å²) in [5, 5.41) is 0.222. The lowest BCUT2D eigenvalue weighted by molar-refractivity contribution is 0.601. The minimum atomic E-state index is -3.88. The summed E-state index contributed by atoms with van der Waals surface area (Å²) in [7, 11) is -3.88. The number of hydrogen-bond acceptors (Lipinski definition) is 4. The van der Waals surface area contributed by atoms with Crippen molar-refractivity contribution in [2.75, 3.05) is 10.5 Å². The number of sulfonamides is 1. The third-order valence-corrected chi connectivity index (χ3v) is 4.38. The van der Waals surface area contributed by atoms with Crippen molar-refractivity contribution in [3.63, 3.8) is 0 Å². The molecule has 0 saturated heterocycles. The van der Waals surface area contributed by atoms with Gasteiger partial charge in [0.25, 0.3) is 10.0 Å². The third-order valence-electron chi connectivity index (χ3n) is 2.24. The van der Waals surface area contributed by atoms with Gasteiger partial charge in [-0.25, -0.2) is 13.4 Å². The van der Waals surface area contributed by atoms with Gasteiger partial charge >= 0.3 is 0 Å². The molecule has 8 heteroatoms. The van der Waals surface area contributed by atoms with Crippen LogP contribution in [0.2, 0.25) is 10.2 Å². The fourth-order valence-corrected chi connectivity index (χ4v) is 3.38. The first-order valence-corrected chi connectivity index (χ1v) is 7.32. The number of hydrogen-bond donors (Lipinski definition) is 2. The van der Waals surface area contributed by atoms with Crippen LogP contribution in [0.15, 0.2) is 41.4 Å². The van der Waals surface area contributed by atoms with Gasteiger partial charge in [0.05, 0.1) is 16.4 Å². The van der Waals surface area contributed by atoms with Gasteiger partial charge in [0.15, 0.2) is 0 Å². The summed E-state index contributed by atoms with van der Waals surface area (Å²) in [4.78, 5) is 3.60. The number of nitrogens with zero attached hydrogens (tertiary/aromatic N) is 1. The molecule has 2 rings (SSSR count). The van der Waals surface area contributed by atoms with E-state index in [2.05, 4.69) is 9.71 Å². The van der Waals surface area contributed by atoms with E-state index < -0.39 is 10.0 Å². The standard InChI is InChI=1S/C11H9Cl2N3O2S/c12-8-2-1-3-9(14)11(8)19(17,18)16-7-4-5-15-10(13)6-7/h1-6H,14H2,(H,15,16). The van der Waals surface area contributed by atoms with Gasteiger partial charge in [-0.15, -0.1) is 0 Å². The summed E-state index contributed by atoms with van der Waals surface area (Å²) in [6, 6.07) is 7.33. The van der Waals surface area contributed by atoms with E-state index in [-0.39, 0.29) is 26.4 Å². The van der Waals surface area contributed by atoms with Crippen LogP contribution >= 0.6 is 23.2 Å². The number of nitrogens with two attached hydrogens (primary N) is 1. The van der Waals surface area contributed by atoms with Gasteiger partial charge in [-0.1, -0.05) is 29.3 Å². The smallest absolute Gasteiger partial charge is 0.265 e. The lowest BCUT2D eigenvalue weighted by atomic mass is 10.3. The van der Waals surface area contributed by atoms with Crippen LogP contribution in [0, 0.1) is 0 Å². The van der Waals surface area contributed by atoms with Crippen LogP contribution in [0.5, 0.6) is 0 Å². The number of aromatic nitrogens is 1. The Labute approximate surface area is 120 Å². The topological polar surface area (TPSA) is 85.1 Å². The van der Waals surface area contributed by atoms with E-state index in [0.717, 1.165) is 0 Å². The molecule has 3 N–H and O–H groups in total. The first-order valence-electron chi connectivity index (χ1n) is 5.08. The van der Waals surface area contributed by atoms with Crippen molar-refractivity contribution in [2.45, 2.75) is 4.90 Å². The summed E-state index contributed by atoms with van der Waals surface area (Å²) in [6.07, 6.45) is 1.39. The Kier molecular flexibility index (Phi) is 3.84. The maximum absolute atomic E-state index is 12.2. The number of pyridine rings is 1. The van der Waals surface area contributed by atoms with Crippen molar-refractivity contribution >= 4 is 44.6 Å². The SMILES string of the molecule is Nc1cccc(Cl)c1S(=O)(=O)Nc1ccnc(Cl)c1. The van der Waals surface area contributed by atoms with Gasteiger partial charge in [0.2, 0.25) is 0 Å². The average Bonchev–Trinajstić information content (AvgIpc) is 2.27. The molecule has 0 spiro atoms. The van der Waals surface area contributed by atoms with Crippen molar-refractivity contribution in [1.29, 1.82) is 0 Å². The fraction of sp³-hybridized carbons (Fsp3) is 0. The molecule has 0 aliphatic heterocycles. The van der Waals surface area contributed by atoms with Crippen molar-refractivity contribution in [2.24, 2.45) is 0 Å². The molecule has 0 saturated carbocycles. The van der Waals surface area contributed by atoms with Crippen LogP contribution in [-0.4, -0.2) is 13.4 Å². The Bertz CT molecular complexity index is 699. The van der Waals surface area contributed by atoms with E-state index in [1.165, 1.54) is 30.5 Å². The lowest BCUT2D eigenvalue weighted by Gasteiger charge is -2.11. The van der Waals surface area contributed by atoms with Crippen LogP contribution in [0.1, 0.15) is 0 Å². The fourth-order valence-electron chi connectivity index (χ4n) is 1.48. The Balaban J connectivity index is 2.44. The molecule has 0 aliphatic carbocycles. The first kappa shape index (κ1) is 13.9. The van der Waals surface area contributed by atoms with Crippen LogP contribution in [0.3, 0.4) is 0 Å². The molecule has 0 fully saturated rings. The molecule has 5 nitrogen and oxygen atoms in total. The zero-order valence-corrected chi connectivity index (χ0v) is 11.8. The average molecular weight is 318 g/mol. The zero-order chi connectivity index (χ0) is 14.0. The molecule has 1 aromatic carbocycles. The van der Waals surface area contributed by atoms with Gasteiger partial charge in [0.1, 0.15) is 10.0 Å². The Morgan fingerprint density at radius 2 is 1.95 bits per heavy atom. The highest BCUT2D eigenvalue weighted by atomic mass is 35.5. The number of rotatable bonds is 3. The van der Waals surface area contributed by atoms with Crippen LogP contribution in [0.25, 0.3) is 0 Å². The molecule has 0 bridgehead atoms. The molecule has 1 heterocycles. The Morgan fingerprint density at radius 1 is 1.21 bits per heavy atom. The minimum absolute atomic E-state index is 0.0488. The normalized spacial score (nSPS) is 11.3. The summed E-state index contributed by atoms with van der Waals surface area (Å²) < 4.78 is 26.8. The summed E-state index contributed by atoms with van der Waals surface area (Å²) >= 11 is 11.6. The highest BCUT2D eigenvalue weighted by Gasteiger charge is 2.21. The maximum Gasteiger partial charge on any atom is 0.265 e. The van der Waals surface area contributed by atoms with Gasteiger partial charge in [-0.2, -0.15) is 0 Å². The molecule has 0 atom stereocenters. The van der Waals surface area contributed by atoms with Crippen molar-refractivity contribution < 1.29 is 8.42 Å². The van der Waals surface area contributed by atoms with E-state index in [4.69, 9.17) is 28.9 Å². The van der Waals surface area contributed by atoms with Crippen LogP contribution < -0.4 is 10.5 Å². The summed E-state index contributed by atoms with van der Waals surface area (Å²) in [5.74, 6) is 0. The maximum atomic E-state index is 12.2. The molecule has 1 aromatic heterocycles. The zero-order valence-electron chi connectivity index (χ0n) is 9.47. The Hall–Kier alpha value is -1.50. The first-order chi connectivity index (χ1) is 8.90. The quantitative estimate of drug-likeness (QED) is 0.673. The molecule has 100 valence electrons. The Morgan fingerprint density at radius 3 is 2.58 bits per heavy atom. The second kappa shape index (κ2) is 5.24. The third kappa shape index (κ3) is 3.09. The molecular weight excluding hydrogens is 309 g/mol. The second-order valence-corrected chi connectivity index (χ2v) is 6.04. The molecule has 0 amide bonds. The molecular formula is C11H9Cl2N3O2S. The predicted octanol–water partition coefficient (Wildman–Crippen LogP) is 2.77. The largest absolute Gasteiger partial charge is 0.398 e. The van der Waals surface area contributed by atoms with Crippen molar-refractivity contribution in [3.8, 4) is 0 Å². The van der Waals surface area contributed by atoms with E-state index in [9.17, 15) is 8.42 Å². The number of halogens is 2. The summed E-state index contributed by atoms with van der Waals surface area (Å²) in [6.45, 7) is 0. The van der Waals surface area contributed by atoms with Crippen molar-refractivity contribution in [3.05, 3.63) is 46.7 Å². The van der Waals surface area contributed by atoms with E-state index in [1.807, 2.05) is 0 Å². The summed E-state index contributed by atoms with van der Waals surface area (Å²) in [5.41, 5.74) is 6.00. The van der Waals surface area contributed by atoms with Crippen LogP contribution in [0.4, 0.5) is 11.4 Å². The monoisotopic (exact) mass is 317 g/mol. The minimum Gasteiger partial charge on any atom is -0.398 e. The molecule has 0 aliphatic rings. The van der Waals surface area contributed by atoms with Gasteiger partial charge in [-0.05, 0) is 24.3 Å². The molecule has 2 aromatic rings. The van der Waals surface area contributed by atoms with Gasteiger partial charge in [0, 0.05) is 6.20 Å². The highest BCUT2D eigenvalue weighted by molar-refractivity contribution is 7.93. The second-order valence-electron chi connectivity index (χ2n) is 3.63.